The van der Waals surface area contributed by atoms with Gasteiger partial charge in [-0.05, 0) is 48.5 Å². The number of rotatable bonds is 4. The van der Waals surface area contributed by atoms with Crippen LogP contribution in [0.4, 0.5) is 23.1 Å². The second kappa shape index (κ2) is 7.18. The van der Waals surface area contributed by atoms with E-state index in [4.69, 9.17) is 28.5 Å². The summed E-state index contributed by atoms with van der Waals surface area (Å²) in [6, 6.07) is 16.0. The Morgan fingerprint density at radius 3 is 2.46 bits per heavy atom. The predicted octanol–water partition coefficient (Wildman–Crippen LogP) is 5.14. The quantitative estimate of drug-likeness (QED) is 0.677. The fraction of sp³-hybridized carbons (Fsp3) is 0. The van der Waals surface area contributed by atoms with Gasteiger partial charge in [0.05, 0.1) is 22.3 Å². The molecule has 118 valence electrons. The van der Waals surface area contributed by atoms with Crippen LogP contribution in [0.2, 0.25) is 10.0 Å². The van der Waals surface area contributed by atoms with Crippen molar-refractivity contribution in [2.24, 2.45) is 0 Å². The summed E-state index contributed by atoms with van der Waals surface area (Å²) >= 11 is 12.0. The van der Waals surface area contributed by atoms with Gasteiger partial charge in [-0.3, -0.25) is 0 Å². The molecule has 7 heteroatoms. The van der Waals surface area contributed by atoms with E-state index in [0.29, 0.717) is 33.1 Å². The Balaban J connectivity index is 1.77. The molecule has 3 aromatic rings. The third kappa shape index (κ3) is 3.93. The molecule has 0 amide bonds. The maximum absolute atomic E-state index is 8.81. The summed E-state index contributed by atoms with van der Waals surface area (Å²) in [5, 5.41) is 16.1. The summed E-state index contributed by atoms with van der Waals surface area (Å²) in [7, 11) is 0. The van der Waals surface area contributed by atoms with Gasteiger partial charge in [0, 0.05) is 16.9 Å². The van der Waals surface area contributed by atoms with E-state index in [1.165, 1.54) is 0 Å². The number of nitrogens with one attached hydrogen (secondary N) is 2. The van der Waals surface area contributed by atoms with E-state index in [9.17, 15) is 0 Å². The number of anilines is 4. The molecule has 0 unspecified atom stereocenters. The zero-order valence-corrected chi connectivity index (χ0v) is 13.8. The van der Waals surface area contributed by atoms with E-state index in [-0.39, 0.29) is 0 Å². The van der Waals surface area contributed by atoms with Crippen LogP contribution in [-0.2, 0) is 0 Å². The molecule has 1 aromatic heterocycles. The highest BCUT2D eigenvalue weighted by molar-refractivity contribution is 6.36. The van der Waals surface area contributed by atoms with Crippen molar-refractivity contribution < 1.29 is 0 Å². The largest absolute Gasteiger partial charge is 0.339 e. The van der Waals surface area contributed by atoms with E-state index >= 15 is 0 Å². The summed E-state index contributed by atoms with van der Waals surface area (Å²) in [5.41, 5.74) is 2.08. The zero-order valence-electron chi connectivity index (χ0n) is 12.3. The number of aromatic nitrogens is 2. The second-order valence-corrected chi connectivity index (χ2v) is 5.67. The van der Waals surface area contributed by atoms with Crippen LogP contribution >= 0.6 is 23.2 Å². The monoisotopic (exact) mass is 355 g/mol. The van der Waals surface area contributed by atoms with Gasteiger partial charge in [0.15, 0.2) is 0 Å². The lowest BCUT2D eigenvalue weighted by Gasteiger charge is -2.10. The van der Waals surface area contributed by atoms with Gasteiger partial charge in [0.1, 0.15) is 5.82 Å². The smallest absolute Gasteiger partial charge is 0.229 e. The number of benzene rings is 2. The van der Waals surface area contributed by atoms with Gasteiger partial charge in [-0.25, -0.2) is 4.98 Å². The Morgan fingerprint density at radius 1 is 0.958 bits per heavy atom. The molecule has 2 aromatic carbocycles. The van der Waals surface area contributed by atoms with Gasteiger partial charge < -0.3 is 10.6 Å². The zero-order chi connectivity index (χ0) is 16.9. The molecular weight excluding hydrogens is 345 g/mol. The summed E-state index contributed by atoms with van der Waals surface area (Å²) in [5.74, 6) is 1.01. The van der Waals surface area contributed by atoms with Crippen molar-refractivity contribution in [2.45, 2.75) is 0 Å². The molecule has 0 aliphatic heterocycles. The molecule has 1 heterocycles. The second-order valence-electron chi connectivity index (χ2n) is 4.83. The molecule has 0 bridgehead atoms. The highest BCUT2D eigenvalue weighted by Gasteiger charge is 2.04. The molecular formula is C17H11Cl2N5. The average Bonchev–Trinajstić information content (AvgIpc) is 2.58. The molecule has 0 atom stereocenters. The summed E-state index contributed by atoms with van der Waals surface area (Å²) in [4.78, 5) is 8.55. The van der Waals surface area contributed by atoms with Gasteiger partial charge in [-0.15, -0.1) is 0 Å². The first kappa shape index (κ1) is 16.1. The number of nitrogens with zero attached hydrogens (tertiary/aromatic N) is 3. The molecule has 0 saturated heterocycles. The van der Waals surface area contributed by atoms with Crippen molar-refractivity contribution >= 4 is 46.3 Å². The Hall–Kier alpha value is -2.81. The molecule has 0 spiro atoms. The van der Waals surface area contributed by atoms with E-state index < -0.39 is 0 Å². The molecule has 24 heavy (non-hydrogen) atoms. The first-order valence-electron chi connectivity index (χ1n) is 6.96. The fourth-order valence-electron chi connectivity index (χ4n) is 1.97. The van der Waals surface area contributed by atoms with Crippen LogP contribution < -0.4 is 10.6 Å². The van der Waals surface area contributed by atoms with Crippen LogP contribution in [0.15, 0.2) is 54.7 Å². The SMILES string of the molecule is N#Cc1ccc(Nc2nccc(Nc3ccc(Cl)cc3Cl)n2)cc1. The maximum atomic E-state index is 8.81. The van der Waals surface area contributed by atoms with E-state index in [1.807, 2.05) is 0 Å². The minimum atomic E-state index is 0.426. The molecule has 0 fully saturated rings. The van der Waals surface area contributed by atoms with Crippen LogP contribution in [0.1, 0.15) is 5.56 Å². The lowest BCUT2D eigenvalue weighted by Crippen LogP contribution is -2.00. The molecule has 0 aliphatic rings. The summed E-state index contributed by atoms with van der Waals surface area (Å²) in [6.45, 7) is 0. The highest BCUT2D eigenvalue weighted by atomic mass is 35.5. The van der Waals surface area contributed by atoms with Crippen molar-refractivity contribution in [3.63, 3.8) is 0 Å². The Kier molecular flexibility index (Phi) is 4.80. The van der Waals surface area contributed by atoms with Gasteiger partial charge in [-0.2, -0.15) is 10.2 Å². The first-order chi connectivity index (χ1) is 11.6. The highest BCUT2D eigenvalue weighted by Crippen LogP contribution is 2.28. The minimum absolute atomic E-state index is 0.426. The van der Waals surface area contributed by atoms with E-state index in [1.54, 1.807) is 54.7 Å². The normalized spacial score (nSPS) is 10.0. The average molecular weight is 356 g/mol. The van der Waals surface area contributed by atoms with Gasteiger partial charge >= 0.3 is 0 Å². The van der Waals surface area contributed by atoms with Crippen molar-refractivity contribution in [2.75, 3.05) is 10.6 Å². The lowest BCUT2D eigenvalue weighted by molar-refractivity contribution is 1.17. The van der Waals surface area contributed by atoms with E-state index in [2.05, 4.69) is 26.7 Å². The molecule has 0 saturated carbocycles. The van der Waals surface area contributed by atoms with Crippen molar-refractivity contribution in [3.8, 4) is 6.07 Å². The van der Waals surface area contributed by atoms with Gasteiger partial charge in [0.2, 0.25) is 5.95 Å². The van der Waals surface area contributed by atoms with Crippen molar-refractivity contribution in [1.29, 1.82) is 5.26 Å². The predicted molar refractivity (Wildman–Crippen MR) is 96.2 cm³/mol. The van der Waals surface area contributed by atoms with Crippen molar-refractivity contribution in [3.05, 3.63) is 70.3 Å². The fourth-order valence-corrected chi connectivity index (χ4v) is 2.43. The molecule has 3 rings (SSSR count). The lowest BCUT2D eigenvalue weighted by atomic mass is 10.2. The van der Waals surface area contributed by atoms with Crippen LogP contribution in [0.5, 0.6) is 0 Å². The van der Waals surface area contributed by atoms with Gasteiger partial charge in [-0.1, -0.05) is 23.2 Å². The van der Waals surface area contributed by atoms with Crippen LogP contribution in [0.25, 0.3) is 0 Å². The van der Waals surface area contributed by atoms with Gasteiger partial charge in [0.25, 0.3) is 0 Å². The Labute approximate surface area is 148 Å². The van der Waals surface area contributed by atoms with E-state index in [0.717, 1.165) is 5.69 Å². The summed E-state index contributed by atoms with van der Waals surface area (Å²) < 4.78 is 0. The van der Waals surface area contributed by atoms with Crippen LogP contribution in [0.3, 0.4) is 0 Å². The summed E-state index contributed by atoms with van der Waals surface area (Å²) in [6.07, 6.45) is 1.63. The molecule has 5 nitrogen and oxygen atoms in total. The third-order valence-electron chi connectivity index (χ3n) is 3.12. The number of nitriles is 1. The number of hydrogen-bond acceptors (Lipinski definition) is 5. The van der Waals surface area contributed by atoms with Crippen LogP contribution in [0, 0.1) is 11.3 Å². The topological polar surface area (TPSA) is 73.6 Å². The third-order valence-corrected chi connectivity index (χ3v) is 3.67. The Morgan fingerprint density at radius 2 is 1.75 bits per heavy atom. The molecule has 2 N–H and O–H groups in total. The molecule has 0 aliphatic carbocycles. The Bertz CT molecular complexity index is 904. The number of halogens is 2. The van der Waals surface area contributed by atoms with Crippen molar-refractivity contribution in [1.82, 2.24) is 9.97 Å². The first-order valence-corrected chi connectivity index (χ1v) is 7.72. The molecule has 0 radical (unpaired) electrons. The number of hydrogen-bond donors (Lipinski definition) is 2. The van der Waals surface area contributed by atoms with Crippen LogP contribution in [-0.4, -0.2) is 9.97 Å². The standard InChI is InChI=1S/C17H11Cl2N5/c18-12-3-6-15(14(19)9-12)23-16-7-8-21-17(24-16)22-13-4-1-11(10-20)2-5-13/h1-9H,(H2,21,22,23,24). The minimum Gasteiger partial charge on any atom is -0.339 e. The maximum Gasteiger partial charge on any atom is 0.229 e.